The molecule has 0 radical (unpaired) electrons. The second kappa shape index (κ2) is 5.05. The van der Waals surface area contributed by atoms with Crippen LogP contribution in [0.15, 0.2) is 34.1 Å². The van der Waals surface area contributed by atoms with Crippen LogP contribution in [-0.2, 0) is 20.2 Å². The first kappa shape index (κ1) is 15.9. The Morgan fingerprint density at radius 3 is 1.27 bits per heavy atom. The van der Waals surface area contributed by atoms with E-state index in [1.54, 1.807) is 12.1 Å². The van der Waals surface area contributed by atoms with Crippen LogP contribution in [0.1, 0.15) is 11.1 Å². The number of nitriles is 2. The van der Waals surface area contributed by atoms with E-state index in [1.165, 1.54) is 0 Å². The molecule has 0 amide bonds. The molecule has 2 N–H and O–H groups in total. The van der Waals surface area contributed by atoms with Gasteiger partial charge in [-0.05, 0) is 24.3 Å². The third-order valence-corrected chi connectivity index (χ3v) is 4.67. The summed E-state index contributed by atoms with van der Waals surface area (Å²) in [6, 6.07) is 7.01. The van der Waals surface area contributed by atoms with Gasteiger partial charge in [0.1, 0.15) is 9.79 Å². The molecule has 0 aliphatic heterocycles. The smallest absolute Gasteiger partial charge is 0.282 e. The van der Waals surface area contributed by atoms with E-state index in [2.05, 4.69) is 0 Å². The fourth-order valence-electron chi connectivity index (χ4n) is 2.05. The predicted molar refractivity (Wildman–Crippen MR) is 73.0 cm³/mol. The highest BCUT2D eigenvalue weighted by molar-refractivity contribution is 7.86. The molecular weight excluding hydrogens is 332 g/mol. The Bertz CT molecular complexity index is 1000. The molecule has 0 saturated carbocycles. The summed E-state index contributed by atoms with van der Waals surface area (Å²) in [6.45, 7) is 0. The van der Waals surface area contributed by atoms with Crippen molar-refractivity contribution in [3.05, 3.63) is 35.4 Å². The Kier molecular flexibility index (Phi) is 3.64. The Morgan fingerprint density at radius 1 is 0.727 bits per heavy atom. The molecule has 0 atom stereocenters. The van der Waals surface area contributed by atoms with Crippen molar-refractivity contribution in [1.29, 1.82) is 10.5 Å². The van der Waals surface area contributed by atoms with Gasteiger partial charge < -0.3 is 0 Å². The average Bonchev–Trinajstić information content (AvgIpc) is 2.42. The Morgan fingerprint density at radius 2 is 1.05 bits per heavy atom. The van der Waals surface area contributed by atoms with Gasteiger partial charge in [-0.3, -0.25) is 9.11 Å². The molecule has 2 aromatic rings. The first-order valence-electron chi connectivity index (χ1n) is 5.46. The summed E-state index contributed by atoms with van der Waals surface area (Å²) < 4.78 is 64.2. The molecule has 2 rings (SSSR count). The molecular formula is C12H6N2O6S2. The zero-order chi connectivity index (χ0) is 16.7. The van der Waals surface area contributed by atoms with Gasteiger partial charge in [-0.2, -0.15) is 27.4 Å². The number of fused-ring (bicyclic) bond motifs is 1. The molecule has 0 heterocycles. The van der Waals surface area contributed by atoms with Gasteiger partial charge in [0.2, 0.25) is 0 Å². The lowest BCUT2D eigenvalue weighted by Gasteiger charge is -2.10. The van der Waals surface area contributed by atoms with E-state index in [1.807, 2.05) is 0 Å². The largest absolute Gasteiger partial charge is 0.295 e. The van der Waals surface area contributed by atoms with E-state index >= 15 is 0 Å². The molecule has 0 unspecified atom stereocenters. The van der Waals surface area contributed by atoms with Crippen LogP contribution in [0, 0.1) is 22.7 Å². The van der Waals surface area contributed by atoms with Crippen molar-refractivity contribution in [2.24, 2.45) is 0 Å². The number of benzene rings is 2. The summed E-state index contributed by atoms with van der Waals surface area (Å²) in [5.74, 6) is 0. The molecule has 112 valence electrons. The highest BCUT2D eigenvalue weighted by Gasteiger charge is 2.24. The van der Waals surface area contributed by atoms with E-state index in [-0.39, 0.29) is 11.1 Å². The Hall–Kier alpha value is -2.50. The van der Waals surface area contributed by atoms with Gasteiger partial charge in [-0.25, -0.2) is 0 Å². The fraction of sp³-hybridized carbons (Fsp3) is 0. The minimum atomic E-state index is -4.79. The van der Waals surface area contributed by atoms with Gasteiger partial charge in [0.25, 0.3) is 20.2 Å². The van der Waals surface area contributed by atoms with Gasteiger partial charge in [-0.15, -0.1) is 0 Å². The van der Waals surface area contributed by atoms with Gasteiger partial charge in [0.05, 0.1) is 23.3 Å². The van der Waals surface area contributed by atoms with E-state index in [9.17, 15) is 25.9 Å². The quantitative estimate of drug-likeness (QED) is 0.770. The van der Waals surface area contributed by atoms with E-state index < -0.39 is 40.8 Å². The zero-order valence-corrected chi connectivity index (χ0v) is 12.2. The average molecular weight is 338 g/mol. The number of hydrogen-bond acceptors (Lipinski definition) is 6. The van der Waals surface area contributed by atoms with Crippen molar-refractivity contribution in [2.45, 2.75) is 9.79 Å². The highest BCUT2D eigenvalue weighted by Crippen LogP contribution is 2.33. The normalized spacial score (nSPS) is 11.8. The van der Waals surface area contributed by atoms with Crippen LogP contribution in [-0.4, -0.2) is 25.9 Å². The van der Waals surface area contributed by atoms with Crippen molar-refractivity contribution in [2.75, 3.05) is 0 Å². The molecule has 0 fully saturated rings. The summed E-state index contributed by atoms with van der Waals surface area (Å²) in [7, 11) is -9.57. The summed E-state index contributed by atoms with van der Waals surface area (Å²) >= 11 is 0. The maximum Gasteiger partial charge on any atom is 0.295 e. The van der Waals surface area contributed by atoms with Crippen molar-refractivity contribution >= 4 is 31.0 Å². The Labute approximate surface area is 125 Å². The molecule has 22 heavy (non-hydrogen) atoms. The maximum absolute atomic E-state index is 11.4. The van der Waals surface area contributed by atoms with E-state index in [0.29, 0.717) is 0 Å². The molecule has 8 nitrogen and oxygen atoms in total. The first-order valence-corrected chi connectivity index (χ1v) is 8.34. The molecule has 0 aliphatic rings. The summed E-state index contributed by atoms with van der Waals surface area (Å²) in [5, 5.41) is 17.2. The lowest BCUT2D eigenvalue weighted by atomic mass is 10.0. The first-order chi connectivity index (χ1) is 10.1. The van der Waals surface area contributed by atoms with E-state index in [0.717, 1.165) is 24.3 Å². The van der Waals surface area contributed by atoms with Crippen LogP contribution < -0.4 is 0 Å². The van der Waals surface area contributed by atoms with Crippen LogP contribution in [0.2, 0.25) is 0 Å². The molecule has 10 heteroatoms. The SMILES string of the molecule is N#Cc1ccc(S(=O)(=O)O)c2c(C#N)ccc(S(=O)(=O)O)c12. The van der Waals surface area contributed by atoms with Crippen LogP contribution in [0.4, 0.5) is 0 Å². The number of hydrogen-bond donors (Lipinski definition) is 2. The summed E-state index contributed by atoms with van der Waals surface area (Å²) in [6.07, 6.45) is 0. The van der Waals surface area contributed by atoms with Crippen molar-refractivity contribution in [3.8, 4) is 12.1 Å². The van der Waals surface area contributed by atoms with E-state index in [4.69, 9.17) is 10.5 Å². The monoisotopic (exact) mass is 338 g/mol. The summed E-state index contributed by atoms with van der Waals surface area (Å²) in [4.78, 5) is -1.47. The van der Waals surface area contributed by atoms with Gasteiger partial charge >= 0.3 is 0 Å². The van der Waals surface area contributed by atoms with Crippen molar-refractivity contribution < 1.29 is 25.9 Å². The standard InChI is InChI=1S/C12H6N2O6S2/c13-5-7-1-3-9(21(15,16)17)12-8(6-14)2-4-10(11(7)12)22(18,19)20/h1-4H,(H,15,16,17)(H,18,19,20). The van der Waals surface area contributed by atoms with Crippen LogP contribution in [0.5, 0.6) is 0 Å². The third kappa shape index (κ3) is 2.52. The predicted octanol–water partition coefficient (Wildman–Crippen LogP) is 1.08. The lowest BCUT2D eigenvalue weighted by molar-refractivity contribution is 0.481. The van der Waals surface area contributed by atoms with Crippen molar-refractivity contribution in [1.82, 2.24) is 0 Å². The van der Waals surface area contributed by atoms with Gasteiger partial charge in [-0.1, -0.05) is 0 Å². The zero-order valence-electron chi connectivity index (χ0n) is 10.5. The highest BCUT2D eigenvalue weighted by atomic mass is 32.2. The van der Waals surface area contributed by atoms with Crippen molar-refractivity contribution in [3.63, 3.8) is 0 Å². The van der Waals surface area contributed by atoms with Crippen LogP contribution in [0.25, 0.3) is 10.8 Å². The molecule has 2 aromatic carbocycles. The number of nitrogens with zero attached hydrogens (tertiary/aromatic N) is 2. The fourth-order valence-corrected chi connectivity index (χ4v) is 3.47. The maximum atomic E-state index is 11.4. The molecule has 0 spiro atoms. The molecule has 0 aromatic heterocycles. The summed E-state index contributed by atoms with van der Waals surface area (Å²) in [5.41, 5.74) is -0.542. The number of rotatable bonds is 2. The lowest BCUT2D eigenvalue weighted by Crippen LogP contribution is -2.05. The second-order valence-corrected chi connectivity index (χ2v) is 6.93. The van der Waals surface area contributed by atoms with Crippen LogP contribution >= 0.6 is 0 Å². The molecule has 0 aliphatic carbocycles. The van der Waals surface area contributed by atoms with Gasteiger partial charge in [0.15, 0.2) is 0 Å². The second-order valence-electron chi connectivity index (χ2n) is 4.15. The third-order valence-electron chi connectivity index (χ3n) is 2.88. The molecule has 0 saturated heterocycles. The van der Waals surface area contributed by atoms with Gasteiger partial charge in [0, 0.05) is 10.8 Å². The topological polar surface area (TPSA) is 156 Å². The minimum absolute atomic E-state index is 0.271. The minimum Gasteiger partial charge on any atom is -0.282 e. The Balaban J connectivity index is 3.30. The van der Waals surface area contributed by atoms with Crippen LogP contribution in [0.3, 0.4) is 0 Å². The molecule has 0 bridgehead atoms.